The van der Waals surface area contributed by atoms with Crippen molar-refractivity contribution in [2.24, 2.45) is 0 Å². The molecule has 0 bridgehead atoms. The van der Waals surface area contributed by atoms with Gasteiger partial charge in [-0.3, -0.25) is 15.6 Å². The molecule has 0 saturated heterocycles. The first-order valence-electron chi connectivity index (χ1n) is 7.67. The van der Waals surface area contributed by atoms with E-state index in [9.17, 15) is 5.21 Å². The summed E-state index contributed by atoms with van der Waals surface area (Å²) in [6.07, 6.45) is 0. The molecule has 9 nitrogen and oxygen atoms in total. The number of rotatable bonds is 4. The van der Waals surface area contributed by atoms with Crippen molar-refractivity contribution in [2.75, 3.05) is 12.5 Å². The lowest BCUT2D eigenvalue weighted by atomic mass is 10.2. The summed E-state index contributed by atoms with van der Waals surface area (Å²) in [5.41, 5.74) is 5.39. The number of hydroxylamine groups is 1. The SMILES string of the molecule is CC.CC.CNOOc1nc2c(NO)nc3ccccc3c2n1O. The summed E-state index contributed by atoms with van der Waals surface area (Å²) >= 11 is 0. The molecule has 0 aliphatic carbocycles. The van der Waals surface area contributed by atoms with Crippen molar-refractivity contribution < 1.29 is 20.3 Å². The van der Waals surface area contributed by atoms with E-state index < -0.39 is 0 Å². The molecule has 2 heterocycles. The van der Waals surface area contributed by atoms with E-state index in [1.165, 1.54) is 7.05 Å². The van der Waals surface area contributed by atoms with Gasteiger partial charge in [0, 0.05) is 12.4 Å². The smallest absolute Gasteiger partial charge is 0.370 e. The normalized spacial score (nSPS) is 9.75. The van der Waals surface area contributed by atoms with Crippen molar-refractivity contribution in [1.29, 1.82) is 0 Å². The van der Waals surface area contributed by atoms with E-state index in [2.05, 4.69) is 20.4 Å². The van der Waals surface area contributed by atoms with Crippen molar-refractivity contribution in [2.45, 2.75) is 27.7 Å². The Morgan fingerprint density at radius 1 is 1.08 bits per heavy atom. The van der Waals surface area contributed by atoms with E-state index in [0.717, 1.165) is 4.73 Å². The molecule has 0 fully saturated rings. The van der Waals surface area contributed by atoms with E-state index in [1.54, 1.807) is 24.3 Å². The monoisotopic (exact) mass is 337 g/mol. The van der Waals surface area contributed by atoms with Gasteiger partial charge in [-0.05, 0) is 6.07 Å². The Morgan fingerprint density at radius 3 is 2.38 bits per heavy atom. The van der Waals surface area contributed by atoms with Crippen LogP contribution in [0.3, 0.4) is 0 Å². The lowest BCUT2D eigenvalue weighted by Crippen LogP contribution is -2.12. The van der Waals surface area contributed by atoms with Gasteiger partial charge in [0.25, 0.3) is 0 Å². The van der Waals surface area contributed by atoms with Gasteiger partial charge in [-0.1, -0.05) is 50.9 Å². The van der Waals surface area contributed by atoms with Gasteiger partial charge in [-0.2, -0.15) is 10.5 Å². The lowest BCUT2D eigenvalue weighted by Gasteiger charge is -2.04. The highest BCUT2D eigenvalue weighted by molar-refractivity contribution is 6.06. The van der Waals surface area contributed by atoms with Gasteiger partial charge >= 0.3 is 6.01 Å². The number of nitrogens with zero attached hydrogens (tertiary/aromatic N) is 3. The number of pyridine rings is 1. The molecule has 2 aromatic heterocycles. The maximum absolute atomic E-state index is 10.1. The molecule has 0 radical (unpaired) electrons. The molecule has 0 spiro atoms. The zero-order valence-corrected chi connectivity index (χ0v) is 14.4. The highest BCUT2D eigenvalue weighted by Crippen LogP contribution is 2.31. The van der Waals surface area contributed by atoms with Crippen LogP contribution in [-0.2, 0) is 4.99 Å². The molecule has 0 saturated carbocycles. The van der Waals surface area contributed by atoms with Gasteiger partial charge in [-0.25, -0.2) is 4.98 Å². The van der Waals surface area contributed by atoms with Crippen LogP contribution in [0.4, 0.5) is 5.82 Å². The summed E-state index contributed by atoms with van der Waals surface area (Å²) in [5.74, 6) is 0.0980. The Kier molecular flexibility index (Phi) is 7.69. The third-order valence-corrected chi connectivity index (χ3v) is 2.75. The number of hydrogen-bond donors (Lipinski definition) is 4. The van der Waals surface area contributed by atoms with Gasteiger partial charge in [0.15, 0.2) is 5.82 Å². The topological polar surface area (TPSA) is 114 Å². The largest absolute Gasteiger partial charge is 0.423 e. The average Bonchev–Trinajstić information content (AvgIpc) is 2.99. The van der Waals surface area contributed by atoms with Crippen molar-refractivity contribution in [3.63, 3.8) is 0 Å². The average molecular weight is 337 g/mol. The summed E-state index contributed by atoms with van der Waals surface area (Å²) < 4.78 is 0.720. The minimum absolute atomic E-state index is 0.0980. The van der Waals surface area contributed by atoms with Gasteiger partial charge in [0.2, 0.25) is 0 Å². The number of benzene rings is 1. The molecule has 0 unspecified atom stereocenters. The highest BCUT2D eigenvalue weighted by Gasteiger charge is 2.19. The molecular formula is C15H23N5O4. The number of anilines is 1. The Balaban J connectivity index is 0.000000671. The van der Waals surface area contributed by atoms with E-state index in [-0.39, 0.29) is 17.3 Å². The number of fused-ring (bicyclic) bond motifs is 3. The first-order valence-corrected chi connectivity index (χ1v) is 7.67. The molecule has 0 atom stereocenters. The molecule has 0 amide bonds. The highest BCUT2D eigenvalue weighted by atomic mass is 17.3. The Bertz CT molecular complexity index is 775. The molecular weight excluding hydrogens is 314 g/mol. The van der Waals surface area contributed by atoms with Crippen molar-refractivity contribution in [1.82, 2.24) is 20.2 Å². The molecule has 4 N–H and O–H groups in total. The molecule has 9 heteroatoms. The third-order valence-electron chi connectivity index (χ3n) is 2.75. The molecule has 0 aliphatic rings. The van der Waals surface area contributed by atoms with E-state index in [1.807, 2.05) is 33.2 Å². The molecule has 24 heavy (non-hydrogen) atoms. The fourth-order valence-electron chi connectivity index (χ4n) is 1.95. The number of hydrogen-bond acceptors (Lipinski definition) is 8. The number of aromatic nitrogens is 3. The van der Waals surface area contributed by atoms with Crippen LogP contribution in [0.15, 0.2) is 24.3 Å². The fourth-order valence-corrected chi connectivity index (χ4v) is 1.95. The van der Waals surface area contributed by atoms with Crippen molar-refractivity contribution in [3.05, 3.63) is 24.3 Å². The lowest BCUT2D eigenvalue weighted by molar-refractivity contribution is -0.262. The van der Waals surface area contributed by atoms with Crippen LogP contribution in [0.25, 0.3) is 21.9 Å². The van der Waals surface area contributed by atoms with Gasteiger partial charge in [0.05, 0.1) is 5.52 Å². The van der Waals surface area contributed by atoms with Crippen LogP contribution < -0.4 is 15.8 Å². The predicted molar refractivity (Wildman–Crippen MR) is 91.1 cm³/mol. The minimum Gasteiger partial charge on any atom is -0.423 e. The summed E-state index contributed by atoms with van der Waals surface area (Å²) in [5, 5.41) is 19.9. The van der Waals surface area contributed by atoms with Crippen LogP contribution in [-0.4, -0.2) is 32.2 Å². The van der Waals surface area contributed by atoms with Crippen LogP contribution in [0.2, 0.25) is 0 Å². The maximum atomic E-state index is 10.1. The first kappa shape index (κ1) is 19.4. The number of para-hydroxylation sites is 1. The molecule has 1 aromatic carbocycles. The second-order valence-electron chi connectivity index (χ2n) is 3.86. The second kappa shape index (κ2) is 9.50. The standard InChI is InChI=1S/C11H11N5O4.2C2H6/c1-12-20-19-11-14-8-9(16(11)18)6-4-2-3-5-7(6)13-10(8)15-17;2*1-2/h2-5,12,17-18H,1H3,(H,13,15);2*1-2H3. The number of imidazole rings is 1. The zero-order valence-electron chi connectivity index (χ0n) is 14.4. The van der Waals surface area contributed by atoms with E-state index in [4.69, 9.17) is 10.1 Å². The van der Waals surface area contributed by atoms with Crippen molar-refractivity contribution in [3.8, 4) is 6.01 Å². The summed E-state index contributed by atoms with van der Waals surface area (Å²) in [4.78, 5) is 17.5. The van der Waals surface area contributed by atoms with Gasteiger partial charge in [-0.15, -0.1) is 4.73 Å². The quantitative estimate of drug-likeness (QED) is 0.326. The molecule has 3 aromatic rings. The summed E-state index contributed by atoms with van der Waals surface area (Å²) in [6, 6.07) is 6.90. The minimum atomic E-state index is -0.205. The predicted octanol–water partition coefficient (Wildman–Crippen LogP) is 3.12. The Hall–Kier alpha value is -2.62. The van der Waals surface area contributed by atoms with E-state index in [0.29, 0.717) is 16.4 Å². The Morgan fingerprint density at radius 2 is 1.75 bits per heavy atom. The number of nitrogens with one attached hydrogen (secondary N) is 2. The maximum Gasteiger partial charge on any atom is 0.370 e. The summed E-state index contributed by atoms with van der Waals surface area (Å²) in [6.45, 7) is 8.00. The van der Waals surface area contributed by atoms with Crippen LogP contribution >= 0.6 is 0 Å². The molecule has 3 rings (SSSR count). The van der Waals surface area contributed by atoms with Crippen LogP contribution in [0.1, 0.15) is 27.7 Å². The fraction of sp³-hybridized carbons (Fsp3) is 0.333. The van der Waals surface area contributed by atoms with Crippen LogP contribution in [0, 0.1) is 0 Å². The molecule has 0 aliphatic heterocycles. The molecule has 132 valence electrons. The van der Waals surface area contributed by atoms with E-state index >= 15 is 0 Å². The van der Waals surface area contributed by atoms with Gasteiger partial charge in [0.1, 0.15) is 11.0 Å². The zero-order chi connectivity index (χ0) is 18.1. The first-order chi connectivity index (χ1) is 11.8. The summed E-state index contributed by atoms with van der Waals surface area (Å²) in [7, 11) is 1.49. The van der Waals surface area contributed by atoms with Gasteiger partial charge < -0.3 is 5.21 Å². The Labute approximate surface area is 139 Å². The third kappa shape index (κ3) is 3.65. The van der Waals surface area contributed by atoms with Crippen LogP contribution in [0.5, 0.6) is 6.01 Å². The van der Waals surface area contributed by atoms with Crippen molar-refractivity contribution >= 4 is 27.8 Å². The second-order valence-corrected chi connectivity index (χ2v) is 3.86.